The van der Waals surface area contributed by atoms with Gasteiger partial charge in [-0.2, -0.15) is 0 Å². The maximum absolute atomic E-state index is 12.6. The van der Waals surface area contributed by atoms with Crippen LogP contribution < -0.4 is 10.1 Å². The Balaban J connectivity index is 1.59. The van der Waals surface area contributed by atoms with Gasteiger partial charge in [-0.3, -0.25) is 4.79 Å². The molecule has 8 heteroatoms. The van der Waals surface area contributed by atoms with Crippen LogP contribution in [0.2, 0.25) is 0 Å². The van der Waals surface area contributed by atoms with Crippen molar-refractivity contribution in [3.63, 3.8) is 0 Å². The average Bonchev–Trinajstić information content (AvgIpc) is 3.19. The molecule has 0 radical (unpaired) electrons. The Morgan fingerprint density at radius 1 is 1.09 bits per heavy atom. The summed E-state index contributed by atoms with van der Waals surface area (Å²) in [6.45, 7) is 11.6. The normalized spacial score (nSPS) is 11.3. The number of hydrogen-bond donors (Lipinski definition) is 1. The van der Waals surface area contributed by atoms with Crippen LogP contribution in [0, 0.1) is 0 Å². The van der Waals surface area contributed by atoms with Crippen LogP contribution in [0.5, 0.6) is 5.75 Å². The first-order chi connectivity index (χ1) is 15.8. The molecule has 3 aromatic rings. The lowest BCUT2D eigenvalue weighted by atomic mass is 10.0. The van der Waals surface area contributed by atoms with Crippen LogP contribution in [0.25, 0.3) is 0 Å². The molecule has 2 aromatic carbocycles. The predicted octanol–water partition coefficient (Wildman–Crippen LogP) is 6.62. The number of carbonyl (C=O) groups excluding carboxylic acids is 1. The largest absolute Gasteiger partial charge is 0.486 e. The van der Waals surface area contributed by atoms with Gasteiger partial charge in [0.05, 0.1) is 5.75 Å². The molecule has 0 aliphatic rings. The number of thioether (sulfide) groups is 1. The number of hydrogen-bond acceptors (Lipinski definition) is 5. The van der Waals surface area contributed by atoms with Gasteiger partial charge in [-0.05, 0) is 60.2 Å². The van der Waals surface area contributed by atoms with Gasteiger partial charge >= 0.3 is 0 Å². The first-order valence-corrected chi connectivity index (χ1v) is 12.9. The summed E-state index contributed by atoms with van der Waals surface area (Å²) in [5.74, 6) is 2.51. The Morgan fingerprint density at radius 2 is 1.82 bits per heavy atom. The van der Waals surface area contributed by atoms with E-state index in [0.717, 1.165) is 27.3 Å². The Morgan fingerprint density at radius 3 is 2.45 bits per heavy atom. The van der Waals surface area contributed by atoms with Gasteiger partial charge in [0.2, 0.25) is 5.91 Å². The molecule has 0 aliphatic carbocycles. The summed E-state index contributed by atoms with van der Waals surface area (Å²) < 4.78 is 8.90. The molecule has 0 unspecified atom stereocenters. The number of amides is 1. The van der Waals surface area contributed by atoms with Crippen molar-refractivity contribution in [1.29, 1.82) is 0 Å². The van der Waals surface area contributed by atoms with Crippen molar-refractivity contribution >= 4 is 39.3 Å². The molecule has 1 N–H and O–H groups in total. The van der Waals surface area contributed by atoms with Crippen molar-refractivity contribution in [2.75, 3.05) is 11.1 Å². The lowest BCUT2D eigenvalue weighted by Crippen LogP contribution is -2.16. The molecule has 0 saturated carbocycles. The molecule has 0 aliphatic heterocycles. The van der Waals surface area contributed by atoms with E-state index >= 15 is 0 Å². The maximum Gasteiger partial charge on any atom is 0.234 e. The Bertz CT molecular complexity index is 1080. The van der Waals surface area contributed by atoms with Gasteiger partial charge in [-0.25, -0.2) is 0 Å². The zero-order chi connectivity index (χ0) is 24.0. The Hall–Kier alpha value is -2.32. The molecule has 0 spiro atoms. The first-order valence-electron chi connectivity index (χ1n) is 11.1. The molecule has 0 bridgehead atoms. The second-order valence-electron chi connectivity index (χ2n) is 8.38. The molecule has 1 aromatic heterocycles. The van der Waals surface area contributed by atoms with Crippen molar-refractivity contribution in [3.8, 4) is 5.75 Å². The summed E-state index contributed by atoms with van der Waals surface area (Å²) in [5.41, 5.74) is 3.22. The van der Waals surface area contributed by atoms with Gasteiger partial charge in [0.15, 0.2) is 11.0 Å². The summed E-state index contributed by atoms with van der Waals surface area (Å²) in [5, 5.41) is 12.3. The molecule has 6 nitrogen and oxygen atoms in total. The van der Waals surface area contributed by atoms with E-state index in [4.69, 9.17) is 4.74 Å². The van der Waals surface area contributed by atoms with Crippen LogP contribution in [-0.4, -0.2) is 26.4 Å². The molecule has 3 rings (SSSR count). The summed E-state index contributed by atoms with van der Waals surface area (Å²) in [4.78, 5) is 12.6. The molecule has 1 heterocycles. The van der Waals surface area contributed by atoms with Crippen LogP contribution >= 0.6 is 27.7 Å². The van der Waals surface area contributed by atoms with E-state index in [1.807, 2.05) is 41.8 Å². The lowest BCUT2D eigenvalue weighted by molar-refractivity contribution is -0.113. The van der Waals surface area contributed by atoms with Gasteiger partial charge in [0, 0.05) is 16.7 Å². The zero-order valence-corrected chi connectivity index (χ0v) is 22.2. The van der Waals surface area contributed by atoms with Crippen LogP contribution in [0.4, 0.5) is 5.69 Å². The topological polar surface area (TPSA) is 69.0 Å². The minimum Gasteiger partial charge on any atom is -0.486 e. The van der Waals surface area contributed by atoms with E-state index in [1.165, 1.54) is 17.3 Å². The third-order valence-corrected chi connectivity index (χ3v) is 6.73. The summed E-state index contributed by atoms with van der Waals surface area (Å²) in [6, 6.07) is 14.0. The highest BCUT2D eigenvalue weighted by Crippen LogP contribution is 2.28. The molecular weight excluding hydrogens is 500 g/mol. The van der Waals surface area contributed by atoms with Crippen molar-refractivity contribution in [1.82, 2.24) is 14.8 Å². The van der Waals surface area contributed by atoms with Gasteiger partial charge in [-0.15, -0.1) is 10.2 Å². The SMILES string of the molecule is CCn1c(COc2ccc(C(C)C)cc2)nnc1SCC(=O)Nc1ccc(Br)cc1C(C)C. The number of benzene rings is 2. The van der Waals surface area contributed by atoms with Gasteiger partial charge < -0.3 is 14.6 Å². The minimum absolute atomic E-state index is 0.0714. The second kappa shape index (κ2) is 11.7. The number of ether oxygens (including phenoxy) is 1. The molecule has 0 atom stereocenters. The number of aromatic nitrogens is 3. The van der Waals surface area contributed by atoms with E-state index < -0.39 is 0 Å². The molecule has 0 fully saturated rings. The van der Waals surface area contributed by atoms with E-state index in [0.29, 0.717) is 30.1 Å². The fraction of sp³-hybridized carbons (Fsp3) is 0.400. The van der Waals surface area contributed by atoms with Gasteiger partial charge in [0.1, 0.15) is 12.4 Å². The highest BCUT2D eigenvalue weighted by molar-refractivity contribution is 9.10. The van der Waals surface area contributed by atoms with Crippen molar-refractivity contribution in [2.24, 2.45) is 0 Å². The quantitative estimate of drug-likeness (QED) is 0.298. The fourth-order valence-corrected chi connectivity index (χ4v) is 4.59. The monoisotopic (exact) mass is 530 g/mol. The Labute approximate surface area is 208 Å². The number of nitrogens with one attached hydrogen (secondary N) is 1. The van der Waals surface area contributed by atoms with Gasteiger partial charge in [0.25, 0.3) is 0 Å². The number of anilines is 1. The molecular formula is C25H31BrN4O2S. The molecule has 176 valence electrons. The molecule has 33 heavy (non-hydrogen) atoms. The minimum atomic E-state index is -0.0714. The fourth-order valence-electron chi connectivity index (χ4n) is 3.39. The highest BCUT2D eigenvalue weighted by Gasteiger charge is 2.15. The van der Waals surface area contributed by atoms with Gasteiger partial charge in [-0.1, -0.05) is 67.5 Å². The van der Waals surface area contributed by atoms with E-state index in [2.05, 4.69) is 71.3 Å². The van der Waals surface area contributed by atoms with Crippen molar-refractivity contribution < 1.29 is 9.53 Å². The molecule has 0 saturated heterocycles. The van der Waals surface area contributed by atoms with Crippen LogP contribution in [0.1, 0.15) is 63.4 Å². The number of carbonyl (C=O) groups is 1. The number of halogens is 1. The lowest BCUT2D eigenvalue weighted by Gasteiger charge is -2.14. The smallest absolute Gasteiger partial charge is 0.234 e. The maximum atomic E-state index is 12.6. The summed E-state index contributed by atoms with van der Waals surface area (Å²) >= 11 is 4.88. The van der Waals surface area contributed by atoms with E-state index in [-0.39, 0.29) is 11.7 Å². The predicted molar refractivity (Wildman–Crippen MR) is 138 cm³/mol. The average molecular weight is 532 g/mol. The van der Waals surface area contributed by atoms with Crippen LogP contribution in [0.3, 0.4) is 0 Å². The third kappa shape index (κ3) is 6.84. The Kier molecular flexibility index (Phi) is 8.97. The second-order valence-corrected chi connectivity index (χ2v) is 10.2. The third-order valence-electron chi connectivity index (χ3n) is 5.27. The standard InChI is InChI=1S/C25H31BrN4O2S/c1-6-30-23(14-32-20-10-7-18(8-11-20)16(2)3)28-29-25(30)33-15-24(31)27-22-12-9-19(26)13-21(22)17(4)5/h7-13,16-17H,6,14-15H2,1-5H3,(H,27,31). The summed E-state index contributed by atoms with van der Waals surface area (Å²) in [7, 11) is 0. The number of rotatable bonds is 10. The highest BCUT2D eigenvalue weighted by atomic mass is 79.9. The van der Waals surface area contributed by atoms with Crippen molar-refractivity contribution in [3.05, 3.63) is 63.9 Å². The van der Waals surface area contributed by atoms with Crippen LogP contribution in [-0.2, 0) is 17.9 Å². The number of nitrogens with zero attached hydrogens (tertiary/aromatic N) is 3. The van der Waals surface area contributed by atoms with E-state index in [9.17, 15) is 4.79 Å². The van der Waals surface area contributed by atoms with Crippen molar-refractivity contribution in [2.45, 2.75) is 64.8 Å². The van der Waals surface area contributed by atoms with Crippen LogP contribution in [0.15, 0.2) is 52.1 Å². The van der Waals surface area contributed by atoms with E-state index in [1.54, 1.807) is 0 Å². The summed E-state index contributed by atoms with van der Waals surface area (Å²) in [6.07, 6.45) is 0. The zero-order valence-electron chi connectivity index (χ0n) is 19.8. The first kappa shape index (κ1) is 25.3. The molecule has 1 amide bonds.